The molecule has 35 heavy (non-hydrogen) atoms. The van der Waals surface area contributed by atoms with Crippen molar-refractivity contribution < 1.29 is 19.4 Å². The number of para-hydroxylation sites is 1. The van der Waals surface area contributed by atoms with Gasteiger partial charge in [-0.2, -0.15) is 0 Å². The number of piperidine rings is 1. The van der Waals surface area contributed by atoms with E-state index in [-0.39, 0.29) is 42.7 Å². The smallest absolute Gasteiger partial charge is 0.255 e. The van der Waals surface area contributed by atoms with Crippen molar-refractivity contribution in [2.45, 2.75) is 64.5 Å². The Balaban J connectivity index is 0.00000578. The van der Waals surface area contributed by atoms with Crippen molar-refractivity contribution in [3.8, 4) is 5.75 Å². The summed E-state index contributed by atoms with van der Waals surface area (Å²) in [7, 11) is 1.69. The molecule has 2 rings (SSSR count). The van der Waals surface area contributed by atoms with Gasteiger partial charge >= 0.3 is 0 Å². The highest BCUT2D eigenvalue weighted by atomic mass is 35.5. The zero-order valence-electron chi connectivity index (χ0n) is 21.6. The number of likely N-dealkylation sites (tertiary alicyclic amines) is 1. The van der Waals surface area contributed by atoms with E-state index in [9.17, 15) is 9.90 Å². The number of rotatable bonds is 15. The van der Waals surface area contributed by atoms with E-state index in [0.29, 0.717) is 50.0 Å². The number of amides is 1. The lowest BCUT2D eigenvalue weighted by molar-refractivity contribution is 0.0716. The van der Waals surface area contributed by atoms with Crippen molar-refractivity contribution in [3.63, 3.8) is 0 Å². The number of unbranched alkanes of at least 4 members (excludes halogenated alkanes) is 1. The van der Waals surface area contributed by atoms with Crippen LogP contribution in [0, 0.1) is 11.8 Å². The predicted octanol–water partition coefficient (Wildman–Crippen LogP) is 3.90. The van der Waals surface area contributed by atoms with Crippen LogP contribution in [0.5, 0.6) is 5.75 Å². The second-order valence-electron chi connectivity index (χ2n) is 9.59. The number of nitrogens with two attached hydrogens (primary N) is 1. The van der Waals surface area contributed by atoms with E-state index in [1.165, 1.54) is 19.3 Å². The average molecular weight is 537 g/mol. The third kappa shape index (κ3) is 12.6. The van der Waals surface area contributed by atoms with Gasteiger partial charge in [0.2, 0.25) is 0 Å². The number of nitrogens with zero attached hydrogens (tertiary/aromatic N) is 1. The molecule has 1 heterocycles. The third-order valence-electron chi connectivity index (χ3n) is 6.56. The lowest BCUT2D eigenvalue weighted by Crippen LogP contribution is -2.47. The van der Waals surface area contributed by atoms with Crippen LogP contribution in [0.3, 0.4) is 0 Å². The highest BCUT2D eigenvalue weighted by Gasteiger charge is 2.25. The van der Waals surface area contributed by atoms with E-state index in [2.05, 4.69) is 24.1 Å². The van der Waals surface area contributed by atoms with Crippen molar-refractivity contribution in [1.82, 2.24) is 10.2 Å². The monoisotopic (exact) mass is 535 g/mol. The Labute approximate surface area is 224 Å². The van der Waals surface area contributed by atoms with Crippen molar-refractivity contribution >= 4 is 30.7 Å². The predicted molar refractivity (Wildman–Crippen MR) is 147 cm³/mol. The summed E-state index contributed by atoms with van der Waals surface area (Å²) in [4.78, 5) is 15.2. The number of aliphatic hydroxyl groups excluding tert-OH is 1. The van der Waals surface area contributed by atoms with Gasteiger partial charge in [0.25, 0.3) is 5.91 Å². The molecule has 1 aromatic rings. The highest BCUT2D eigenvalue weighted by molar-refractivity contribution is 5.96. The van der Waals surface area contributed by atoms with Crippen LogP contribution in [0.2, 0.25) is 0 Å². The van der Waals surface area contributed by atoms with E-state index in [1.807, 2.05) is 18.2 Å². The maximum atomic E-state index is 12.9. The van der Waals surface area contributed by atoms with Gasteiger partial charge in [-0.15, -0.1) is 24.8 Å². The van der Waals surface area contributed by atoms with Crippen molar-refractivity contribution in [3.05, 3.63) is 29.8 Å². The zero-order valence-corrected chi connectivity index (χ0v) is 23.3. The molecule has 3 atom stereocenters. The molecule has 9 heteroatoms. The first-order valence-electron chi connectivity index (χ1n) is 12.6. The second kappa shape index (κ2) is 19.1. The summed E-state index contributed by atoms with van der Waals surface area (Å²) in [5, 5.41) is 13.7. The number of nitrogens with one attached hydrogen (secondary N) is 1. The van der Waals surface area contributed by atoms with Gasteiger partial charge in [0.1, 0.15) is 5.75 Å². The molecule has 1 aliphatic heterocycles. The van der Waals surface area contributed by atoms with Gasteiger partial charge < -0.3 is 30.5 Å². The molecule has 7 nitrogen and oxygen atoms in total. The van der Waals surface area contributed by atoms with Crippen LogP contribution < -0.4 is 15.8 Å². The minimum atomic E-state index is -0.549. The standard InChI is InChI=1S/C26H45N3O4.2ClH/c1-20(2)21(17-23(27)24(30)19-29-13-7-4-8-14-29)18-28-26(31)22-11-5-6-12-25(22)33-16-10-9-15-32-3;;/h5-6,11-12,20-21,23-24,30H,4,7-10,13-19,27H2,1-3H3,(H,28,31);2*1H. The molecular weight excluding hydrogens is 489 g/mol. The molecule has 0 aliphatic carbocycles. The Kier molecular flexibility index (Phi) is 18.5. The van der Waals surface area contributed by atoms with Gasteiger partial charge in [0.05, 0.1) is 18.3 Å². The normalized spacial score (nSPS) is 16.5. The van der Waals surface area contributed by atoms with Crippen LogP contribution in [0.15, 0.2) is 24.3 Å². The van der Waals surface area contributed by atoms with Crippen molar-refractivity contribution in [2.75, 3.05) is 46.5 Å². The van der Waals surface area contributed by atoms with E-state index in [1.54, 1.807) is 13.2 Å². The quantitative estimate of drug-likeness (QED) is 0.294. The molecule has 0 spiro atoms. The number of halogens is 2. The van der Waals surface area contributed by atoms with E-state index in [4.69, 9.17) is 15.2 Å². The van der Waals surface area contributed by atoms with Gasteiger partial charge in [-0.05, 0) is 69.2 Å². The van der Waals surface area contributed by atoms with Crippen LogP contribution in [0.4, 0.5) is 0 Å². The Bertz CT molecular complexity index is 690. The molecule has 4 N–H and O–H groups in total. The van der Waals surface area contributed by atoms with Crippen LogP contribution in [-0.2, 0) is 4.74 Å². The molecule has 1 amide bonds. The maximum absolute atomic E-state index is 12.9. The van der Waals surface area contributed by atoms with Crippen LogP contribution in [0.1, 0.15) is 62.7 Å². The Morgan fingerprint density at radius 1 is 1.11 bits per heavy atom. The van der Waals surface area contributed by atoms with Gasteiger partial charge in [-0.3, -0.25) is 4.79 Å². The van der Waals surface area contributed by atoms with Crippen LogP contribution >= 0.6 is 24.8 Å². The van der Waals surface area contributed by atoms with Gasteiger partial charge in [-0.1, -0.05) is 32.4 Å². The lowest BCUT2D eigenvalue weighted by atomic mass is 9.87. The average Bonchev–Trinajstić information content (AvgIpc) is 2.82. The molecule has 0 radical (unpaired) electrons. The second-order valence-corrected chi connectivity index (χ2v) is 9.59. The first-order chi connectivity index (χ1) is 15.9. The largest absolute Gasteiger partial charge is 0.493 e. The number of β-amino-alcohol motifs (C(OH)–C–C–N with tert-alkyl or cyclic N) is 1. The number of benzene rings is 1. The first-order valence-corrected chi connectivity index (χ1v) is 12.6. The first kappa shape index (κ1) is 33.9. The minimum absolute atomic E-state index is 0. The summed E-state index contributed by atoms with van der Waals surface area (Å²) < 4.78 is 10.9. The van der Waals surface area contributed by atoms with Gasteiger partial charge in [0, 0.05) is 32.8 Å². The SMILES string of the molecule is COCCCCOc1ccccc1C(=O)NCC(CC(N)C(O)CN1CCCCC1)C(C)C.Cl.Cl. The Morgan fingerprint density at radius 3 is 2.43 bits per heavy atom. The molecular formula is C26H47Cl2N3O4. The number of carbonyl (C=O) groups is 1. The highest BCUT2D eigenvalue weighted by Crippen LogP contribution is 2.21. The summed E-state index contributed by atoms with van der Waals surface area (Å²) in [6.45, 7) is 8.76. The van der Waals surface area contributed by atoms with E-state index < -0.39 is 6.10 Å². The van der Waals surface area contributed by atoms with Crippen LogP contribution in [-0.4, -0.2) is 74.6 Å². The maximum Gasteiger partial charge on any atom is 0.255 e. The van der Waals surface area contributed by atoms with Crippen molar-refractivity contribution in [1.29, 1.82) is 0 Å². The van der Waals surface area contributed by atoms with Gasteiger partial charge in [0.15, 0.2) is 0 Å². The number of hydrogen-bond donors (Lipinski definition) is 3. The molecule has 0 aromatic heterocycles. The van der Waals surface area contributed by atoms with E-state index >= 15 is 0 Å². The zero-order chi connectivity index (χ0) is 24.1. The fourth-order valence-corrected chi connectivity index (χ4v) is 4.27. The fraction of sp³-hybridized carbons (Fsp3) is 0.731. The fourth-order valence-electron chi connectivity index (χ4n) is 4.27. The molecule has 1 aliphatic rings. The number of methoxy groups -OCH3 is 1. The number of aliphatic hydroxyl groups is 1. The number of hydrogen-bond acceptors (Lipinski definition) is 6. The molecule has 3 unspecified atom stereocenters. The summed E-state index contributed by atoms with van der Waals surface area (Å²) in [6, 6.07) is 7.04. The molecule has 0 bridgehead atoms. The number of ether oxygens (including phenoxy) is 2. The minimum Gasteiger partial charge on any atom is -0.493 e. The molecule has 1 saturated heterocycles. The topological polar surface area (TPSA) is 97.0 Å². The lowest BCUT2D eigenvalue weighted by Gasteiger charge is -2.32. The van der Waals surface area contributed by atoms with Gasteiger partial charge in [-0.25, -0.2) is 0 Å². The number of carbonyl (C=O) groups excluding carboxylic acids is 1. The summed E-state index contributed by atoms with van der Waals surface area (Å²) in [5.74, 6) is 0.977. The summed E-state index contributed by atoms with van der Waals surface area (Å²) in [6.07, 6.45) is 5.58. The molecule has 1 fully saturated rings. The van der Waals surface area contributed by atoms with E-state index in [0.717, 1.165) is 25.9 Å². The Hall–Kier alpha value is -1.09. The third-order valence-corrected chi connectivity index (χ3v) is 6.56. The molecule has 0 saturated carbocycles. The van der Waals surface area contributed by atoms with Crippen molar-refractivity contribution in [2.24, 2.45) is 17.6 Å². The Morgan fingerprint density at radius 2 is 1.77 bits per heavy atom. The summed E-state index contributed by atoms with van der Waals surface area (Å²) >= 11 is 0. The van der Waals surface area contributed by atoms with Crippen LogP contribution in [0.25, 0.3) is 0 Å². The molecule has 1 aromatic carbocycles. The molecule has 204 valence electrons. The summed E-state index contributed by atoms with van der Waals surface area (Å²) in [5.41, 5.74) is 6.93.